The number of aliphatic carboxylic acids is 1. The summed E-state index contributed by atoms with van der Waals surface area (Å²) in [6, 6.07) is 0. The number of esters is 1. The molecule has 1 aliphatic carbocycles. The molecule has 0 spiro atoms. The molecular weight excluding hydrogens is 316 g/mol. The van der Waals surface area contributed by atoms with Crippen LogP contribution < -0.4 is 0 Å². The molecule has 25 heavy (non-hydrogen) atoms. The molecule has 1 N–H and O–H groups in total. The van der Waals surface area contributed by atoms with Gasteiger partial charge in [-0.3, -0.25) is 9.59 Å². The standard InChI is InChI=1S/C21H38O4/c1-3-4-5-6-7-8-9-13-19(17(2)21(23)24)25-20(22)14-11-10-12-18-15-16-18/h17-19H,3-16H2,1-2H3,(H,23,24). The Morgan fingerprint density at radius 1 is 1.00 bits per heavy atom. The third kappa shape index (κ3) is 11.2. The fraction of sp³-hybridized carbons (Fsp3) is 0.905. The van der Waals surface area contributed by atoms with Crippen molar-refractivity contribution in [1.82, 2.24) is 0 Å². The molecule has 0 saturated heterocycles. The monoisotopic (exact) mass is 354 g/mol. The molecule has 4 heteroatoms. The number of carboxylic acid groups (broad SMARTS) is 1. The Bertz CT molecular complexity index is 376. The highest BCUT2D eigenvalue weighted by molar-refractivity contribution is 5.72. The zero-order chi connectivity index (χ0) is 18.5. The molecule has 0 aromatic heterocycles. The van der Waals surface area contributed by atoms with Crippen LogP contribution in [-0.2, 0) is 14.3 Å². The fourth-order valence-corrected chi connectivity index (χ4v) is 3.21. The first kappa shape index (κ1) is 22.0. The van der Waals surface area contributed by atoms with Gasteiger partial charge in [-0.15, -0.1) is 0 Å². The lowest BCUT2D eigenvalue weighted by Gasteiger charge is -2.21. The minimum atomic E-state index is -0.880. The molecule has 0 aromatic rings. The van der Waals surface area contributed by atoms with Crippen LogP contribution in [0.1, 0.15) is 104 Å². The lowest BCUT2D eigenvalue weighted by atomic mass is 9.98. The van der Waals surface area contributed by atoms with Gasteiger partial charge in [0.2, 0.25) is 0 Å². The van der Waals surface area contributed by atoms with E-state index in [0.717, 1.165) is 31.6 Å². The highest BCUT2D eigenvalue weighted by atomic mass is 16.5. The van der Waals surface area contributed by atoms with E-state index in [1.54, 1.807) is 6.92 Å². The minimum Gasteiger partial charge on any atom is -0.481 e. The average molecular weight is 355 g/mol. The number of carboxylic acids is 1. The second-order valence-electron chi connectivity index (χ2n) is 7.75. The van der Waals surface area contributed by atoms with Gasteiger partial charge in [-0.25, -0.2) is 0 Å². The molecule has 2 atom stereocenters. The summed E-state index contributed by atoms with van der Waals surface area (Å²) >= 11 is 0. The third-order valence-electron chi connectivity index (χ3n) is 5.26. The summed E-state index contributed by atoms with van der Waals surface area (Å²) in [5, 5.41) is 9.26. The molecule has 0 bridgehead atoms. The lowest BCUT2D eigenvalue weighted by molar-refractivity contribution is -0.158. The van der Waals surface area contributed by atoms with Crippen molar-refractivity contribution < 1.29 is 19.4 Å². The van der Waals surface area contributed by atoms with Gasteiger partial charge < -0.3 is 9.84 Å². The van der Waals surface area contributed by atoms with Crippen LogP contribution in [0.3, 0.4) is 0 Å². The van der Waals surface area contributed by atoms with Crippen LogP contribution in [0.4, 0.5) is 0 Å². The van der Waals surface area contributed by atoms with Gasteiger partial charge in [0.1, 0.15) is 6.10 Å². The normalized spacial score (nSPS) is 16.4. The molecule has 1 rings (SSSR count). The van der Waals surface area contributed by atoms with E-state index in [1.165, 1.54) is 51.4 Å². The quantitative estimate of drug-likeness (QED) is 0.284. The Labute approximate surface area is 153 Å². The smallest absolute Gasteiger partial charge is 0.309 e. The third-order valence-corrected chi connectivity index (χ3v) is 5.26. The van der Waals surface area contributed by atoms with Gasteiger partial charge in [0.15, 0.2) is 0 Å². The summed E-state index contributed by atoms with van der Waals surface area (Å²) < 4.78 is 5.52. The molecule has 0 amide bonds. The van der Waals surface area contributed by atoms with E-state index in [0.29, 0.717) is 12.8 Å². The molecule has 0 aromatic carbocycles. The van der Waals surface area contributed by atoms with Crippen LogP contribution >= 0.6 is 0 Å². The van der Waals surface area contributed by atoms with Crippen molar-refractivity contribution >= 4 is 11.9 Å². The summed E-state index contributed by atoms with van der Waals surface area (Å²) in [5.41, 5.74) is 0. The maximum absolute atomic E-state index is 12.0. The molecule has 0 heterocycles. The van der Waals surface area contributed by atoms with Gasteiger partial charge in [-0.05, 0) is 32.1 Å². The van der Waals surface area contributed by atoms with E-state index in [2.05, 4.69) is 6.92 Å². The predicted octanol–water partition coefficient (Wildman–Crippen LogP) is 5.73. The van der Waals surface area contributed by atoms with Crippen LogP contribution in [0.15, 0.2) is 0 Å². The van der Waals surface area contributed by atoms with Crippen LogP contribution in [-0.4, -0.2) is 23.1 Å². The summed E-state index contributed by atoms with van der Waals surface area (Å²) in [4.78, 5) is 23.3. The van der Waals surface area contributed by atoms with E-state index in [1.807, 2.05) is 0 Å². The Morgan fingerprint density at radius 3 is 2.24 bits per heavy atom. The molecule has 4 nitrogen and oxygen atoms in total. The summed E-state index contributed by atoms with van der Waals surface area (Å²) in [6.07, 6.45) is 14.7. The van der Waals surface area contributed by atoms with Crippen LogP contribution in [0, 0.1) is 11.8 Å². The topological polar surface area (TPSA) is 63.6 Å². The van der Waals surface area contributed by atoms with Crippen molar-refractivity contribution in [1.29, 1.82) is 0 Å². The van der Waals surface area contributed by atoms with Crippen molar-refractivity contribution in [2.45, 2.75) is 110 Å². The van der Waals surface area contributed by atoms with Gasteiger partial charge in [0, 0.05) is 6.42 Å². The molecule has 2 unspecified atom stereocenters. The van der Waals surface area contributed by atoms with E-state index < -0.39 is 18.0 Å². The minimum absolute atomic E-state index is 0.225. The molecule has 146 valence electrons. The summed E-state index contributed by atoms with van der Waals surface area (Å²) in [7, 11) is 0. The number of hydrogen-bond acceptors (Lipinski definition) is 3. The number of carbonyl (C=O) groups excluding carboxylic acids is 1. The number of unbranched alkanes of at least 4 members (excludes halogenated alkanes) is 7. The highest BCUT2D eigenvalue weighted by Crippen LogP contribution is 2.34. The largest absolute Gasteiger partial charge is 0.481 e. The SMILES string of the molecule is CCCCCCCCCC(OC(=O)CCCCC1CC1)C(C)C(=O)O. The van der Waals surface area contributed by atoms with E-state index >= 15 is 0 Å². The van der Waals surface area contributed by atoms with Crippen molar-refractivity contribution in [3.05, 3.63) is 0 Å². The van der Waals surface area contributed by atoms with Crippen molar-refractivity contribution in [3.8, 4) is 0 Å². The first-order chi connectivity index (χ1) is 12.0. The van der Waals surface area contributed by atoms with Crippen molar-refractivity contribution in [2.24, 2.45) is 11.8 Å². The Balaban J connectivity index is 2.21. The van der Waals surface area contributed by atoms with Crippen LogP contribution in [0.5, 0.6) is 0 Å². The maximum Gasteiger partial charge on any atom is 0.309 e. The number of carbonyl (C=O) groups is 2. The van der Waals surface area contributed by atoms with Gasteiger partial charge in [-0.1, -0.05) is 71.1 Å². The van der Waals surface area contributed by atoms with Crippen LogP contribution in [0.2, 0.25) is 0 Å². The van der Waals surface area contributed by atoms with Gasteiger partial charge in [-0.2, -0.15) is 0 Å². The zero-order valence-electron chi connectivity index (χ0n) is 16.3. The fourth-order valence-electron chi connectivity index (χ4n) is 3.21. The Hall–Kier alpha value is -1.06. The van der Waals surface area contributed by atoms with Crippen molar-refractivity contribution in [3.63, 3.8) is 0 Å². The number of hydrogen-bond donors (Lipinski definition) is 1. The van der Waals surface area contributed by atoms with E-state index in [9.17, 15) is 14.7 Å². The van der Waals surface area contributed by atoms with Crippen LogP contribution in [0.25, 0.3) is 0 Å². The first-order valence-corrected chi connectivity index (χ1v) is 10.5. The second kappa shape index (κ2) is 13.2. The summed E-state index contributed by atoms with van der Waals surface area (Å²) in [6.45, 7) is 3.85. The predicted molar refractivity (Wildman–Crippen MR) is 100 cm³/mol. The van der Waals surface area contributed by atoms with Crippen molar-refractivity contribution in [2.75, 3.05) is 0 Å². The molecule has 1 saturated carbocycles. The number of ether oxygens (including phenoxy) is 1. The maximum atomic E-state index is 12.0. The average Bonchev–Trinajstić information content (AvgIpc) is 3.40. The highest BCUT2D eigenvalue weighted by Gasteiger charge is 2.27. The second-order valence-corrected chi connectivity index (χ2v) is 7.75. The molecule has 1 aliphatic rings. The number of rotatable bonds is 16. The van der Waals surface area contributed by atoms with E-state index in [4.69, 9.17) is 4.74 Å². The summed E-state index contributed by atoms with van der Waals surface area (Å²) in [5.74, 6) is -0.838. The molecular formula is C21H38O4. The Kier molecular flexibility index (Phi) is 11.6. The molecule has 0 aliphatic heterocycles. The van der Waals surface area contributed by atoms with E-state index in [-0.39, 0.29) is 5.97 Å². The molecule has 1 fully saturated rings. The molecule has 0 radical (unpaired) electrons. The van der Waals surface area contributed by atoms with Gasteiger partial charge >= 0.3 is 11.9 Å². The first-order valence-electron chi connectivity index (χ1n) is 10.5. The zero-order valence-corrected chi connectivity index (χ0v) is 16.3. The van der Waals surface area contributed by atoms with Gasteiger partial charge in [0.25, 0.3) is 0 Å². The Morgan fingerprint density at radius 2 is 1.64 bits per heavy atom. The van der Waals surface area contributed by atoms with Gasteiger partial charge in [0.05, 0.1) is 5.92 Å². The lowest BCUT2D eigenvalue weighted by Crippen LogP contribution is -2.30.